The molecule has 6 heteroatoms. The van der Waals surface area contributed by atoms with Crippen molar-refractivity contribution in [3.8, 4) is 0 Å². The number of likely N-dealkylation sites (tertiary alicyclic amines) is 1. The van der Waals surface area contributed by atoms with Crippen LogP contribution in [0.5, 0.6) is 0 Å². The number of carbonyl (C=O) groups is 2. The van der Waals surface area contributed by atoms with Gasteiger partial charge in [0.1, 0.15) is 0 Å². The molecule has 1 saturated heterocycles. The van der Waals surface area contributed by atoms with Gasteiger partial charge < -0.3 is 20.9 Å². The van der Waals surface area contributed by atoms with E-state index in [1.807, 2.05) is 24.3 Å². The fraction of sp³-hybridized carbons (Fsp3) is 0.500. The zero-order valence-corrected chi connectivity index (χ0v) is 13.2. The summed E-state index contributed by atoms with van der Waals surface area (Å²) in [4.78, 5) is 27.1. The van der Waals surface area contributed by atoms with Crippen molar-refractivity contribution in [1.82, 2.24) is 10.2 Å². The van der Waals surface area contributed by atoms with E-state index in [2.05, 4.69) is 24.1 Å². The lowest BCUT2D eigenvalue weighted by molar-refractivity contribution is 0.0938. The van der Waals surface area contributed by atoms with E-state index in [0.29, 0.717) is 18.7 Å². The van der Waals surface area contributed by atoms with Crippen molar-refractivity contribution in [2.24, 2.45) is 5.73 Å². The second-order valence-electron chi connectivity index (χ2n) is 5.46. The fourth-order valence-corrected chi connectivity index (χ4v) is 2.76. The minimum atomic E-state index is -0.430. The van der Waals surface area contributed by atoms with Crippen molar-refractivity contribution >= 4 is 17.6 Å². The molecule has 2 rings (SSSR count). The Bertz CT molecular complexity index is 525. The van der Waals surface area contributed by atoms with E-state index in [1.54, 1.807) is 4.90 Å². The van der Waals surface area contributed by atoms with Gasteiger partial charge in [0, 0.05) is 43.5 Å². The number of nitrogens with one attached hydrogen (secondary N) is 1. The number of nitrogens with zero attached hydrogens (tertiary/aromatic N) is 2. The Balaban J connectivity index is 1.94. The van der Waals surface area contributed by atoms with Crippen molar-refractivity contribution in [2.75, 3.05) is 31.1 Å². The third kappa shape index (κ3) is 3.69. The first kappa shape index (κ1) is 16.1. The number of anilines is 1. The van der Waals surface area contributed by atoms with Gasteiger partial charge in [0.25, 0.3) is 5.91 Å². The summed E-state index contributed by atoms with van der Waals surface area (Å²) in [6.45, 7) is 7.17. The molecule has 1 aliphatic heterocycles. The summed E-state index contributed by atoms with van der Waals surface area (Å²) in [6.07, 6.45) is 0.742. The highest BCUT2D eigenvalue weighted by atomic mass is 16.2. The molecule has 1 atom stereocenters. The van der Waals surface area contributed by atoms with Crippen LogP contribution in [0.15, 0.2) is 24.3 Å². The molecule has 0 saturated carbocycles. The van der Waals surface area contributed by atoms with Crippen molar-refractivity contribution in [3.63, 3.8) is 0 Å². The first-order valence-corrected chi connectivity index (χ1v) is 7.75. The molecule has 1 unspecified atom stereocenters. The molecular weight excluding hydrogens is 280 g/mol. The first-order chi connectivity index (χ1) is 10.5. The summed E-state index contributed by atoms with van der Waals surface area (Å²) in [5.74, 6) is -0.109. The Hall–Kier alpha value is -2.24. The maximum atomic E-state index is 12.2. The molecule has 1 heterocycles. The molecule has 120 valence electrons. The predicted octanol–water partition coefficient (Wildman–Crippen LogP) is 1.42. The second-order valence-corrected chi connectivity index (χ2v) is 5.46. The molecule has 0 spiro atoms. The summed E-state index contributed by atoms with van der Waals surface area (Å²) < 4.78 is 0. The lowest BCUT2D eigenvalue weighted by atomic mass is 10.1. The Morgan fingerprint density at radius 3 is 2.41 bits per heavy atom. The monoisotopic (exact) mass is 304 g/mol. The summed E-state index contributed by atoms with van der Waals surface area (Å²) in [5.41, 5.74) is 6.99. The average Bonchev–Trinajstić information content (AvgIpc) is 2.98. The number of rotatable bonds is 5. The number of hydrogen-bond acceptors (Lipinski definition) is 3. The van der Waals surface area contributed by atoms with E-state index < -0.39 is 6.03 Å². The van der Waals surface area contributed by atoms with E-state index in [1.165, 1.54) is 0 Å². The van der Waals surface area contributed by atoms with E-state index in [9.17, 15) is 9.59 Å². The van der Waals surface area contributed by atoms with Crippen molar-refractivity contribution in [1.29, 1.82) is 0 Å². The SMILES string of the molecule is CCN(CC)c1ccc(C(=O)NC2CCN(C(N)=O)C2)cc1. The maximum absolute atomic E-state index is 12.2. The molecule has 0 aromatic heterocycles. The topological polar surface area (TPSA) is 78.7 Å². The third-order valence-corrected chi connectivity index (χ3v) is 4.09. The molecule has 1 fully saturated rings. The van der Waals surface area contributed by atoms with E-state index in [0.717, 1.165) is 25.2 Å². The number of amides is 3. The fourth-order valence-electron chi connectivity index (χ4n) is 2.76. The summed E-state index contributed by atoms with van der Waals surface area (Å²) >= 11 is 0. The Labute approximate surface area is 131 Å². The minimum Gasteiger partial charge on any atom is -0.372 e. The van der Waals surface area contributed by atoms with Gasteiger partial charge in [-0.1, -0.05) is 0 Å². The Morgan fingerprint density at radius 1 is 1.27 bits per heavy atom. The predicted molar refractivity (Wildman–Crippen MR) is 87.0 cm³/mol. The molecule has 3 N–H and O–H groups in total. The van der Waals surface area contributed by atoms with Gasteiger partial charge in [0.05, 0.1) is 0 Å². The van der Waals surface area contributed by atoms with Crippen LogP contribution in [-0.4, -0.2) is 49.1 Å². The quantitative estimate of drug-likeness (QED) is 0.863. The number of benzene rings is 1. The van der Waals surface area contributed by atoms with Crippen molar-refractivity contribution in [3.05, 3.63) is 29.8 Å². The zero-order chi connectivity index (χ0) is 16.1. The van der Waals surface area contributed by atoms with Crippen LogP contribution in [0, 0.1) is 0 Å². The maximum Gasteiger partial charge on any atom is 0.314 e. The van der Waals surface area contributed by atoms with Gasteiger partial charge in [0.2, 0.25) is 0 Å². The standard InChI is InChI=1S/C16H24N4O2/c1-3-19(4-2)14-7-5-12(6-8-14)15(21)18-13-9-10-20(11-13)16(17)22/h5-8,13H,3-4,9-11H2,1-2H3,(H2,17,22)(H,18,21). The molecular formula is C16H24N4O2. The van der Waals surface area contributed by atoms with Crippen LogP contribution in [0.4, 0.5) is 10.5 Å². The summed E-state index contributed by atoms with van der Waals surface area (Å²) in [6, 6.07) is 7.15. The molecule has 1 aromatic rings. The van der Waals surface area contributed by atoms with Crippen LogP contribution in [0.3, 0.4) is 0 Å². The number of carbonyl (C=O) groups excluding carboxylic acids is 2. The zero-order valence-electron chi connectivity index (χ0n) is 13.2. The number of hydrogen-bond donors (Lipinski definition) is 2. The molecule has 0 radical (unpaired) electrons. The van der Waals surface area contributed by atoms with Gasteiger partial charge in [-0.05, 0) is 44.5 Å². The third-order valence-electron chi connectivity index (χ3n) is 4.09. The number of urea groups is 1. The van der Waals surface area contributed by atoms with Crippen LogP contribution in [-0.2, 0) is 0 Å². The van der Waals surface area contributed by atoms with Crippen LogP contribution in [0.2, 0.25) is 0 Å². The van der Waals surface area contributed by atoms with Crippen LogP contribution in [0.25, 0.3) is 0 Å². The molecule has 0 aliphatic carbocycles. The highest BCUT2D eigenvalue weighted by Crippen LogP contribution is 2.15. The minimum absolute atomic E-state index is 0.0255. The highest BCUT2D eigenvalue weighted by Gasteiger charge is 2.26. The van der Waals surface area contributed by atoms with E-state index >= 15 is 0 Å². The largest absolute Gasteiger partial charge is 0.372 e. The van der Waals surface area contributed by atoms with Crippen LogP contribution >= 0.6 is 0 Å². The molecule has 22 heavy (non-hydrogen) atoms. The summed E-state index contributed by atoms with van der Waals surface area (Å²) in [5, 5.41) is 2.95. The van der Waals surface area contributed by atoms with Gasteiger partial charge in [0.15, 0.2) is 0 Å². The molecule has 3 amide bonds. The van der Waals surface area contributed by atoms with Crippen LogP contribution in [0.1, 0.15) is 30.6 Å². The van der Waals surface area contributed by atoms with Crippen LogP contribution < -0.4 is 16.0 Å². The first-order valence-electron chi connectivity index (χ1n) is 7.75. The number of nitrogens with two attached hydrogens (primary N) is 1. The van der Waals surface area contributed by atoms with Crippen molar-refractivity contribution < 1.29 is 9.59 Å². The van der Waals surface area contributed by atoms with E-state index in [4.69, 9.17) is 5.73 Å². The lowest BCUT2D eigenvalue weighted by Crippen LogP contribution is -2.40. The van der Waals surface area contributed by atoms with Gasteiger partial charge in [-0.2, -0.15) is 0 Å². The lowest BCUT2D eigenvalue weighted by Gasteiger charge is -2.21. The smallest absolute Gasteiger partial charge is 0.314 e. The van der Waals surface area contributed by atoms with Gasteiger partial charge in [-0.15, -0.1) is 0 Å². The number of primary amides is 1. The molecule has 1 aliphatic rings. The normalized spacial score (nSPS) is 17.4. The Kier molecular flexibility index (Phi) is 5.25. The second kappa shape index (κ2) is 7.15. The molecule has 0 bridgehead atoms. The molecule has 6 nitrogen and oxygen atoms in total. The van der Waals surface area contributed by atoms with Gasteiger partial charge in [-0.25, -0.2) is 4.79 Å². The van der Waals surface area contributed by atoms with Gasteiger partial charge in [-0.3, -0.25) is 4.79 Å². The van der Waals surface area contributed by atoms with E-state index in [-0.39, 0.29) is 11.9 Å². The summed E-state index contributed by atoms with van der Waals surface area (Å²) in [7, 11) is 0. The highest BCUT2D eigenvalue weighted by molar-refractivity contribution is 5.94. The van der Waals surface area contributed by atoms with Crippen molar-refractivity contribution in [2.45, 2.75) is 26.3 Å². The Morgan fingerprint density at radius 2 is 1.91 bits per heavy atom. The average molecular weight is 304 g/mol. The van der Waals surface area contributed by atoms with Gasteiger partial charge >= 0.3 is 6.03 Å². The molecule has 1 aromatic carbocycles.